The molecule has 0 radical (unpaired) electrons. The van der Waals surface area contributed by atoms with Crippen LogP contribution in [-0.4, -0.2) is 69.7 Å². The normalized spacial score (nSPS) is 17.3. The van der Waals surface area contributed by atoms with E-state index in [1.54, 1.807) is 17.0 Å². The van der Waals surface area contributed by atoms with Crippen molar-refractivity contribution >= 4 is 24.2 Å². The second kappa shape index (κ2) is 12.9. The SMILES string of the molecule is COc1ccc(-n2nnnc2C(F)(F)F)cc1CNC1CCN(C(=O)CNC(C)=O)CC1c1ccccc1.Cl. The number of ether oxygens (including phenoxy) is 1. The minimum Gasteiger partial charge on any atom is -0.496 e. The third-order valence-corrected chi connectivity index (χ3v) is 6.47. The first kappa shape index (κ1) is 29.8. The summed E-state index contributed by atoms with van der Waals surface area (Å²) < 4.78 is 46.1. The molecule has 14 heteroatoms. The van der Waals surface area contributed by atoms with Crippen LogP contribution in [0.4, 0.5) is 13.2 Å². The Labute approximate surface area is 229 Å². The molecule has 39 heavy (non-hydrogen) atoms. The Morgan fingerprint density at radius 2 is 1.90 bits per heavy atom. The van der Waals surface area contributed by atoms with E-state index in [9.17, 15) is 22.8 Å². The molecule has 0 bridgehead atoms. The average molecular weight is 568 g/mol. The number of nitrogens with one attached hydrogen (secondary N) is 2. The van der Waals surface area contributed by atoms with Crippen molar-refractivity contribution in [2.75, 3.05) is 26.7 Å². The van der Waals surface area contributed by atoms with Crippen LogP contribution in [0, 0.1) is 0 Å². The lowest BCUT2D eigenvalue weighted by atomic mass is 9.85. The van der Waals surface area contributed by atoms with E-state index >= 15 is 0 Å². The van der Waals surface area contributed by atoms with Crippen molar-refractivity contribution in [1.29, 1.82) is 0 Å². The average Bonchev–Trinajstić information content (AvgIpc) is 3.42. The van der Waals surface area contributed by atoms with E-state index in [0.29, 0.717) is 42.0 Å². The van der Waals surface area contributed by atoms with Crippen LogP contribution in [0.25, 0.3) is 5.69 Å². The number of hydrogen-bond acceptors (Lipinski definition) is 7. The molecule has 1 aliphatic rings. The van der Waals surface area contributed by atoms with Gasteiger partial charge in [-0.25, -0.2) is 0 Å². The minimum atomic E-state index is -4.71. The number of carbonyl (C=O) groups is 2. The highest BCUT2D eigenvalue weighted by Crippen LogP contribution is 2.31. The summed E-state index contributed by atoms with van der Waals surface area (Å²) in [5, 5.41) is 15.9. The summed E-state index contributed by atoms with van der Waals surface area (Å²) in [6.45, 7) is 2.56. The topological polar surface area (TPSA) is 114 Å². The van der Waals surface area contributed by atoms with Gasteiger partial charge in [-0.1, -0.05) is 30.3 Å². The number of benzene rings is 2. The largest absolute Gasteiger partial charge is 0.496 e. The van der Waals surface area contributed by atoms with Gasteiger partial charge < -0.3 is 20.3 Å². The van der Waals surface area contributed by atoms with E-state index in [1.165, 1.54) is 20.1 Å². The molecule has 0 saturated carbocycles. The van der Waals surface area contributed by atoms with Crippen molar-refractivity contribution in [3.63, 3.8) is 0 Å². The Bertz CT molecular complexity index is 1270. The minimum absolute atomic E-state index is 0. The van der Waals surface area contributed by atoms with Crippen molar-refractivity contribution < 1.29 is 27.5 Å². The number of amides is 2. The molecule has 2 heterocycles. The van der Waals surface area contributed by atoms with Crippen LogP contribution in [0.2, 0.25) is 0 Å². The van der Waals surface area contributed by atoms with Gasteiger partial charge in [0.25, 0.3) is 5.82 Å². The fourth-order valence-electron chi connectivity index (χ4n) is 4.59. The third kappa shape index (κ3) is 7.24. The van der Waals surface area contributed by atoms with E-state index in [-0.39, 0.29) is 48.4 Å². The molecular weight excluding hydrogens is 539 g/mol. The Hall–Kier alpha value is -3.71. The Morgan fingerprint density at radius 3 is 2.56 bits per heavy atom. The van der Waals surface area contributed by atoms with Gasteiger partial charge in [0.15, 0.2) is 0 Å². The van der Waals surface area contributed by atoms with Crippen molar-refractivity contribution in [3.05, 3.63) is 65.5 Å². The highest BCUT2D eigenvalue weighted by atomic mass is 35.5. The number of tetrazole rings is 1. The Balaban J connectivity index is 0.00000420. The van der Waals surface area contributed by atoms with E-state index in [0.717, 1.165) is 5.56 Å². The summed E-state index contributed by atoms with van der Waals surface area (Å²) in [6.07, 6.45) is -4.07. The van der Waals surface area contributed by atoms with Crippen LogP contribution in [0.3, 0.4) is 0 Å². The standard InChI is InChI=1S/C25H28F3N7O3.ClH/c1-16(36)29-14-23(37)34-11-10-21(20(15-34)17-6-4-3-5-7-17)30-13-18-12-19(8-9-22(18)38-2)35-24(25(26,27)28)31-32-33-35;/h3-9,12,20-21,30H,10-11,13-15H2,1-2H3,(H,29,36);1H. The zero-order chi connectivity index (χ0) is 27.3. The van der Waals surface area contributed by atoms with Gasteiger partial charge in [0.1, 0.15) is 5.75 Å². The van der Waals surface area contributed by atoms with E-state index in [2.05, 4.69) is 26.2 Å². The number of halogens is 4. The van der Waals surface area contributed by atoms with Gasteiger partial charge in [-0.2, -0.15) is 17.9 Å². The summed E-state index contributed by atoms with van der Waals surface area (Å²) >= 11 is 0. The third-order valence-electron chi connectivity index (χ3n) is 6.47. The highest BCUT2D eigenvalue weighted by molar-refractivity contribution is 5.85. The molecule has 2 unspecified atom stereocenters. The number of rotatable bonds is 8. The quantitative estimate of drug-likeness (QED) is 0.430. The highest BCUT2D eigenvalue weighted by Gasteiger charge is 2.38. The van der Waals surface area contributed by atoms with Crippen molar-refractivity contribution in [3.8, 4) is 11.4 Å². The molecule has 2 amide bonds. The fourth-order valence-corrected chi connectivity index (χ4v) is 4.59. The molecule has 3 aromatic rings. The second-order valence-corrected chi connectivity index (χ2v) is 8.95. The van der Waals surface area contributed by atoms with Gasteiger partial charge >= 0.3 is 6.18 Å². The molecule has 1 aliphatic heterocycles. The molecule has 10 nitrogen and oxygen atoms in total. The number of likely N-dealkylation sites (tertiary alicyclic amines) is 1. The first-order valence-corrected chi connectivity index (χ1v) is 12.0. The first-order chi connectivity index (χ1) is 18.2. The number of methoxy groups -OCH3 is 1. The maximum absolute atomic E-state index is 13.3. The molecule has 2 N–H and O–H groups in total. The van der Waals surface area contributed by atoms with Crippen molar-refractivity contribution in [2.24, 2.45) is 0 Å². The Morgan fingerprint density at radius 1 is 1.15 bits per heavy atom. The van der Waals surface area contributed by atoms with E-state index < -0.39 is 12.0 Å². The zero-order valence-corrected chi connectivity index (χ0v) is 22.1. The van der Waals surface area contributed by atoms with Gasteiger partial charge in [-0.3, -0.25) is 9.59 Å². The lowest BCUT2D eigenvalue weighted by molar-refractivity contribution is -0.146. The lowest BCUT2D eigenvalue weighted by Crippen LogP contribution is -2.51. The van der Waals surface area contributed by atoms with E-state index in [4.69, 9.17) is 4.74 Å². The van der Waals surface area contributed by atoms with Crippen LogP contribution >= 0.6 is 12.4 Å². The summed E-state index contributed by atoms with van der Waals surface area (Å²) in [7, 11) is 1.49. The van der Waals surface area contributed by atoms with Crippen LogP contribution in [0.1, 0.15) is 36.2 Å². The number of carbonyl (C=O) groups excluding carboxylic acids is 2. The maximum atomic E-state index is 13.3. The molecule has 2 atom stereocenters. The molecule has 1 aromatic heterocycles. The van der Waals surface area contributed by atoms with Crippen LogP contribution < -0.4 is 15.4 Å². The van der Waals surface area contributed by atoms with Gasteiger partial charge in [0, 0.05) is 44.1 Å². The van der Waals surface area contributed by atoms with Crippen LogP contribution in [0.15, 0.2) is 48.5 Å². The molecule has 1 fully saturated rings. The van der Waals surface area contributed by atoms with Crippen LogP contribution in [0.5, 0.6) is 5.75 Å². The van der Waals surface area contributed by atoms with Gasteiger partial charge in [0.2, 0.25) is 11.8 Å². The molecule has 1 saturated heterocycles. The van der Waals surface area contributed by atoms with Crippen LogP contribution in [-0.2, 0) is 22.3 Å². The smallest absolute Gasteiger partial charge is 0.453 e. The molecule has 210 valence electrons. The monoisotopic (exact) mass is 567 g/mol. The molecule has 4 rings (SSSR count). The summed E-state index contributed by atoms with van der Waals surface area (Å²) in [5.74, 6) is -1.19. The lowest BCUT2D eigenvalue weighted by Gasteiger charge is -2.39. The fraction of sp³-hybridized carbons (Fsp3) is 0.400. The molecular formula is C25H29ClF3N7O3. The predicted octanol–water partition coefficient (Wildman–Crippen LogP) is 2.72. The summed E-state index contributed by atoms with van der Waals surface area (Å²) in [6, 6.07) is 14.3. The molecule has 0 spiro atoms. The van der Waals surface area contributed by atoms with Gasteiger partial charge in [-0.15, -0.1) is 17.5 Å². The van der Waals surface area contributed by atoms with Gasteiger partial charge in [-0.05, 0) is 40.6 Å². The zero-order valence-electron chi connectivity index (χ0n) is 21.3. The summed E-state index contributed by atoms with van der Waals surface area (Å²) in [4.78, 5) is 25.6. The number of piperidine rings is 1. The van der Waals surface area contributed by atoms with Gasteiger partial charge in [0.05, 0.1) is 19.3 Å². The van der Waals surface area contributed by atoms with E-state index in [1.807, 2.05) is 30.3 Å². The Kier molecular flexibility index (Phi) is 9.86. The first-order valence-electron chi connectivity index (χ1n) is 12.0. The molecule has 2 aromatic carbocycles. The summed E-state index contributed by atoms with van der Waals surface area (Å²) in [5.41, 5.74) is 1.83. The van der Waals surface area contributed by atoms with Crippen molar-refractivity contribution in [2.45, 2.75) is 38.0 Å². The predicted molar refractivity (Wildman–Crippen MR) is 138 cm³/mol. The molecule has 0 aliphatic carbocycles. The number of nitrogens with zero attached hydrogens (tertiary/aromatic N) is 5. The second-order valence-electron chi connectivity index (χ2n) is 8.95. The number of aromatic nitrogens is 4. The number of hydrogen-bond donors (Lipinski definition) is 2. The van der Waals surface area contributed by atoms with Crippen molar-refractivity contribution in [1.82, 2.24) is 35.7 Å². The number of alkyl halides is 3. The maximum Gasteiger partial charge on any atom is 0.453 e.